The Bertz CT molecular complexity index is 1010. The quantitative estimate of drug-likeness (QED) is 0.608. The SMILES string of the molecule is C[C@]1(c2ccccc2)Cc2cc(OCCCc3nn[nH]n3)c(Cl)c(Cl)c2C1=O. The Morgan fingerprint density at radius 1 is 1.21 bits per heavy atom. The van der Waals surface area contributed by atoms with E-state index in [0.717, 1.165) is 11.1 Å². The molecule has 0 saturated heterocycles. The number of ketones is 1. The van der Waals surface area contributed by atoms with Gasteiger partial charge in [-0.25, -0.2) is 0 Å². The number of rotatable bonds is 6. The van der Waals surface area contributed by atoms with Crippen LogP contribution in [0, 0.1) is 0 Å². The Labute approximate surface area is 172 Å². The summed E-state index contributed by atoms with van der Waals surface area (Å²) in [5.41, 5.74) is 1.66. The average Bonchev–Trinajstić information content (AvgIpc) is 3.31. The molecule has 0 fully saturated rings. The van der Waals surface area contributed by atoms with Crippen LogP contribution in [0.3, 0.4) is 0 Å². The van der Waals surface area contributed by atoms with Crippen LogP contribution in [0.25, 0.3) is 0 Å². The van der Waals surface area contributed by atoms with Crippen molar-refractivity contribution in [2.75, 3.05) is 6.61 Å². The molecule has 0 unspecified atom stereocenters. The van der Waals surface area contributed by atoms with E-state index >= 15 is 0 Å². The Hall–Kier alpha value is -2.44. The van der Waals surface area contributed by atoms with E-state index in [4.69, 9.17) is 27.9 Å². The summed E-state index contributed by atoms with van der Waals surface area (Å²) in [6, 6.07) is 11.6. The van der Waals surface area contributed by atoms with Crippen LogP contribution in [0.1, 0.15) is 40.7 Å². The van der Waals surface area contributed by atoms with Crippen molar-refractivity contribution in [1.29, 1.82) is 0 Å². The second kappa shape index (κ2) is 7.53. The second-order valence-electron chi connectivity index (χ2n) is 7.02. The maximum absolute atomic E-state index is 13.2. The molecular weight excluding hydrogens is 399 g/mol. The Morgan fingerprint density at radius 3 is 2.71 bits per heavy atom. The van der Waals surface area contributed by atoms with Crippen molar-refractivity contribution in [3.05, 3.63) is 69.0 Å². The van der Waals surface area contributed by atoms with Crippen molar-refractivity contribution in [3.63, 3.8) is 0 Å². The molecular formula is C20H18Cl2N4O2. The number of nitrogens with zero attached hydrogens (tertiary/aromatic N) is 3. The molecule has 6 nitrogen and oxygen atoms in total. The van der Waals surface area contributed by atoms with E-state index in [1.54, 1.807) is 0 Å². The molecule has 0 spiro atoms. The minimum absolute atomic E-state index is 0.00995. The number of ether oxygens (including phenoxy) is 1. The van der Waals surface area contributed by atoms with Gasteiger partial charge < -0.3 is 4.74 Å². The van der Waals surface area contributed by atoms with Crippen LogP contribution in [0.2, 0.25) is 10.0 Å². The number of benzene rings is 2. The van der Waals surface area contributed by atoms with E-state index < -0.39 is 5.41 Å². The van der Waals surface area contributed by atoms with Crippen molar-refractivity contribution >= 4 is 29.0 Å². The molecule has 0 radical (unpaired) electrons. The normalized spacial score (nSPS) is 18.3. The number of halogens is 2. The molecule has 3 aromatic rings. The summed E-state index contributed by atoms with van der Waals surface area (Å²) < 4.78 is 5.84. The molecule has 1 atom stereocenters. The number of hydrogen-bond acceptors (Lipinski definition) is 5. The van der Waals surface area contributed by atoms with Gasteiger partial charge in [-0.3, -0.25) is 4.79 Å². The zero-order valence-corrected chi connectivity index (χ0v) is 16.7. The number of H-pyrrole nitrogens is 1. The lowest BCUT2D eigenvalue weighted by Gasteiger charge is -2.22. The molecule has 1 heterocycles. The predicted molar refractivity (Wildman–Crippen MR) is 106 cm³/mol. The summed E-state index contributed by atoms with van der Waals surface area (Å²) in [6.45, 7) is 2.37. The smallest absolute Gasteiger partial charge is 0.175 e. The Morgan fingerprint density at radius 2 is 2.00 bits per heavy atom. The van der Waals surface area contributed by atoms with Crippen LogP contribution in [-0.4, -0.2) is 33.0 Å². The monoisotopic (exact) mass is 416 g/mol. The number of aryl methyl sites for hydroxylation is 1. The maximum Gasteiger partial charge on any atom is 0.175 e. The molecule has 144 valence electrons. The number of aromatic nitrogens is 4. The van der Waals surface area contributed by atoms with Gasteiger partial charge in [0.2, 0.25) is 0 Å². The maximum atomic E-state index is 13.2. The van der Waals surface area contributed by atoms with Gasteiger partial charge >= 0.3 is 0 Å². The third kappa shape index (κ3) is 3.27. The van der Waals surface area contributed by atoms with E-state index in [1.165, 1.54) is 0 Å². The van der Waals surface area contributed by atoms with Gasteiger partial charge in [-0.2, -0.15) is 5.21 Å². The van der Waals surface area contributed by atoms with E-state index in [9.17, 15) is 4.79 Å². The third-order valence-corrected chi connectivity index (χ3v) is 5.98. The Balaban J connectivity index is 1.55. The highest BCUT2D eigenvalue weighted by Crippen LogP contribution is 2.47. The fraction of sp³-hybridized carbons (Fsp3) is 0.300. The van der Waals surface area contributed by atoms with Crippen LogP contribution in [0.4, 0.5) is 0 Å². The van der Waals surface area contributed by atoms with Gasteiger partial charge in [0, 0.05) is 12.0 Å². The van der Waals surface area contributed by atoms with E-state index in [0.29, 0.717) is 43.0 Å². The minimum Gasteiger partial charge on any atom is -0.492 e. The summed E-state index contributed by atoms with van der Waals surface area (Å²) in [5, 5.41) is 14.3. The molecule has 1 aliphatic rings. The van der Waals surface area contributed by atoms with E-state index in [2.05, 4.69) is 20.6 Å². The van der Waals surface area contributed by atoms with Crippen LogP contribution < -0.4 is 4.74 Å². The summed E-state index contributed by atoms with van der Waals surface area (Å²) in [6.07, 6.45) is 1.89. The summed E-state index contributed by atoms with van der Waals surface area (Å²) in [5.74, 6) is 1.11. The fourth-order valence-electron chi connectivity index (χ4n) is 3.62. The fourth-order valence-corrected chi connectivity index (χ4v) is 4.12. The summed E-state index contributed by atoms with van der Waals surface area (Å²) >= 11 is 12.9. The van der Waals surface area contributed by atoms with Gasteiger partial charge in [0.05, 0.1) is 17.0 Å². The number of hydrogen-bond donors (Lipinski definition) is 1. The van der Waals surface area contributed by atoms with Crippen molar-refractivity contribution in [2.24, 2.45) is 0 Å². The van der Waals surface area contributed by atoms with Crippen molar-refractivity contribution in [2.45, 2.75) is 31.6 Å². The number of carbonyl (C=O) groups is 1. The van der Waals surface area contributed by atoms with Crippen LogP contribution in [0.5, 0.6) is 5.75 Å². The lowest BCUT2D eigenvalue weighted by atomic mass is 9.79. The first-order chi connectivity index (χ1) is 13.5. The van der Waals surface area contributed by atoms with Crippen molar-refractivity contribution in [1.82, 2.24) is 20.6 Å². The number of aromatic amines is 1. The largest absolute Gasteiger partial charge is 0.492 e. The number of nitrogens with one attached hydrogen (secondary N) is 1. The summed E-state index contributed by atoms with van der Waals surface area (Å²) in [7, 11) is 0. The molecule has 1 aliphatic carbocycles. The molecule has 1 N–H and O–H groups in total. The first kappa shape index (κ1) is 18.9. The van der Waals surface area contributed by atoms with Gasteiger partial charge in [-0.05, 0) is 37.0 Å². The molecule has 8 heteroatoms. The Kier molecular flexibility index (Phi) is 5.08. The highest BCUT2D eigenvalue weighted by atomic mass is 35.5. The number of fused-ring (bicyclic) bond motifs is 1. The first-order valence-electron chi connectivity index (χ1n) is 8.97. The lowest BCUT2D eigenvalue weighted by molar-refractivity contribution is 0.0915. The van der Waals surface area contributed by atoms with Gasteiger partial charge in [-0.15, -0.1) is 10.2 Å². The van der Waals surface area contributed by atoms with Crippen LogP contribution in [-0.2, 0) is 18.3 Å². The molecule has 0 saturated carbocycles. The lowest BCUT2D eigenvalue weighted by Crippen LogP contribution is -2.29. The summed E-state index contributed by atoms with van der Waals surface area (Å²) in [4.78, 5) is 13.2. The standard InChI is InChI=1S/C20H18Cl2N4O2/c1-20(13-6-3-2-4-7-13)11-12-10-14(17(21)18(22)16(12)19(20)27)28-9-5-8-15-23-25-26-24-15/h2-4,6-7,10H,5,8-9,11H2,1H3,(H,23,24,25,26)/t20-/m1/s1. The van der Waals surface area contributed by atoms with Gasteiger partial charge in [-0.1, -0.05) is 58.7 Å². The van der Waals surface area contributed by atoms with Crippen LogP contribution in [0.15, 0.2) is 36.4 Å². The average molecular weight is 417 g/mol. The molecule has 1 aromatic heterocycles. The topological polar surface area (TPSA) is 80.8 Å². The van der Waals surface area contributed by atoms with Gasteiger partial charge in [0.1, 0.15) is 10.8 Å². The number of carbonyl (C=O) groups excluding carboxylic acids is 1. The highest BCUT2D eigenvalue weighted by molar-refractivity contribution is 6.45. The second-order valence-corrected chi connectivity index (χ2v) is 7.78. The zero-order valence-electron chi connectivity index (χ0n) is 15.2. The molecule has 0 aliphatic heterocycles. The molecule has 28 heavy (non-hydrogen) atoms. The van der Waals surface area contributed by atoms with E-state index in [-0.39, 0.29) is 15.8 Å². The first-order valence-corrected chi connectivity index (χ1v) is 9.72. The minimum atomic E-state index is -0.659. The number of tetrazole rings is 1. The molecule has 0 bridgehead atoms. The van der Waals surface area contributed by atoms with E-state index in [1.807, 2.05) is 43.3 Å². The third-order valence-electron chi connectivity index (χ3n) is 5.13. The molecule has 4 rings (SSSR count). The number of Topliss-reactive ketones (excluding diaryl/α,β-unsaturated/α-hetero) is 1. The van der Waals surface area contributed by atoms with Gasteiger partial charge in [0.25, 0.3) is 0 Å². The van der Waals surface area contributed by atoms with Crippen molar-refractivity contribution < 1.29 is 9.53 Å². The molecule has 0 amide bonds. The van der Waals surface area contributed by atoms with Crippen molar-refractivity contribution in [3.8, 4) is 5.75 Å². The van der Waals surface area contributed by atoms with Crippen LogP contribution >= 0.6 is 23.2 Å². The molecule has 2 aromatic carbocycles. The van der Waals surface area contributed by atoms with Gasteiger partial charge in [0.15, 0.2) is 11.6 Å². The predicted octanol–water partition coefficient (Wildman–Crippen LogP) is 4.21. The highest BCUT2D eigenvalue weighted by Gasteiger charge is 2.45. The zero-order chi connectivity index (χ0) is 19.7.